The Morgan fingerprint density at radius 1 is 0.966 bits per heavy atom. The van der Waals surface area contributed by atoms with Crippen LogP contribution in [-0.2, 0) is 6.42 Å². The number of hydrogen-bond donors (Lipinski definition) is 2. The molecule has 3 aromatic rings. The SMILES string of the molecule is CC(NC(=S)NC(=O)c1cccc(OCCc2ccccc2)c1)c1ccccc1. The smallest absolute Gasteiger partial charge is 0.257 e. The van der Waals surface area contributed by atoms with Crippen LogP contribution in [-0.4, -0.2) is 17.6 Å². The molecular formula is C24H24N2O2S. The van der Waals surface area contributed by atoms with Gasteiger partial charge in [0, 0.05) is 12.0 Å². The van der Waals surface area contributed by atoms with E-state index in [0.29, 0.717) is 23.0 Å². The van der Waals surface area contributed by atoms with Crippen molar-refractivity contribution in [2.45, 2.75) is 19.4 Å². The number of amides is 1. The van der Waals surface area contributed by atoms with Crippen molar-refractivity contribution in [1.29, 1.82) is 0 Å². The molecule has 0 saturated carbocycles. The van der Waals surface area contributed by atoms with E-state index in [1.54, 1.807) is 18.2 Å². The van der Waals surface area contributed by atoms with E-state index in [0.717, 1.165) is 12.0 Å². The van der Waals surface area contributed by atoms with Crippen molar-refractivity contribution in [3.63, 3.8) is 0 Å². The Hall–Kier alpha value is -3.18. The molecule has 1 atom stereocenters. The number of benzene rings is 3. The third kappa shape index (κ3) is 6.43. The fourth-order valence-corrected chi connectivity index (χ4v) is 3.16. The second-order valence-electron chi connectivity index (χ2n) is 6.67. The van der Waals surface area contributed by atoms with Crippen LogP contribution in [0.5, 0.6) is 5.75 Å². The summed E-state index contributed by atoms with van der Waals surface area (Å²) >= 11 is 5.29. The average Bonchev–Trinajstić information content (AvgIpc) is 2.75. The number of rotatable bonds is 7. The third-order valence-electron chi connectivity index (χ3n) is 4.47. The van der Waals surface area contributed by atoms with Gasteiger partial charge in [0.05, 0.1) is 12.6 Å². The highest BCUT2D eigenvalue weighted by Crippen LogP contribution is 2.14. The molecule has 1 unspecified atom stereocenters. The number of thiocarbonyl (C=S) groups is 1. The summed E-state index contributed by atoms with van der Waals surface area (Å²) in [6, 6.07) is 27.2. The van der Waals surface area contributed by atoms with Crippen molar-refractivity contribution in [3.8, 4) is 5.75 Å². The fourth-order valence-electron chi connectivity index (χ4n) is 2.89. The van der Waals surface area contributed by atoms with Gasteiger partial charge in [-0.3, -0.25) is 10.1 Å². The molecular weight excluding hydrogens is 380 g/mol. The minimum absolute atomic E-state index is 0.00310. The topological polar surface area (TPSA) is 50.4 Å². The maximum Gasteiger partial charge on any atom is 0.257 e. The lowest BCUT2D eigenvalue weighted by molar-refractivity contribution is 0.0976. The van der Waals surface area contributed by atoms with E-state index in [9.17, 15) is 4.79 Å². The Labute approximate surface area is 176 Å². The highest BCUT2D eigenvalue weighted by molar-refractivity contribution is 7.80. The molecule has 29 heavy (non-hydrogen) atoms. The van der Waals surface area contributed by atoms with Gasteiger partial charge in [0.1, 0.15) is 5.75 Å². The van der Waals surface area contributed by atoms with E-state index in [-0.39, 0.29) is 11.9 Å². The quantitative estimate of drug-likeness (QED) is 0.562. The molecule has 0 aliphatic rings. The molecule has 0 aromatic heterocycles. The summed E-state index contributed by atoms with van der Waals surface area (Å²) < 4.78 is 5.80. The van der Waals surface area contributed by atoms with E-state index < -0.39 is 0 Å². The molecule has 148 valence electrons. The first-order valence-electron chi connectivity index (χ1n) is 9.55. The lowest BCUT2D eigenvalue weighted by atomic mass is 10.1. The molecule has 0 aliphatic heterocycles. The minimum Gasteiger partial charge on any atom is -0.493 e. The van der Waals surface area contributed by atoms with Crippen LogP contribution < -0.4 is 15.4 Å². The number of nitrogens with one attached hydrogen (secondary N) is 2. The molecule has 0 bridgehead atoms. The van der Waals surface area contributed by atoms with Crippen LogP contribution in [0.15, 0.2) is 84.9 Å². The maximum absolute atomic E-state index is 12.5. The van der Waals surface area contributed by atoms with Crippen molar-refractivity contribution >= 4 is 23.2 Å². The zero-order valence-electron chi connectivity index (χ0n) is 16.3. The number of carbonyl (C=O) groups excluding carboxylic acids is 1. The summed E-state index contributed by atoms with van der Waals surface area (Å²) in [5, 5.41) is 6.16. The van der Waals surface area contributed by atoms with Crippen LogP contribution in [0, 0.1) is 0 Å². The van der Waals surface area contributed by atoms with Gasteiger partial charge in [-0.05, 0) is 48.5 Å². The second kappa shape index (κ2) is 10.4. The van der Waals surface area contributed by atoms with Gasteiger partial charge in [0.2, 0.25) is 0 Å². The summed E-state index contributed by atoms with van der Waals surface area (Å²) in [6.07, 6.45) is 0.808. The molecule has 5 heteroatoms. The van der Waals surface area contributed by atoms with Crippen molar-refractivity contribution in [2.75, 3.05) is 6.61 Å². The van der Waals surface area contributed by atoms with Crippen LogP contribution >= 0.6 is 12.2 Å². The molecule has 3 rings (SSSR count). The lowest BCUT2D eigenvalue weighted by Crippen LogP contribution is -2.40. The average molecular weight is 405 g/mol. The third-order valence-corrected chi connectivity index (χ3v) is 4.69. The molecule has 0 radical (unpaired) electrons. The molecule has 0 saturated heterocycles. The van der Waals surface area contributed by atoms with Gasteiger partial charge < -0.3 is 10.1 Å². The van der Waals surface area contributed by atoms with Gasteiger partial charge in [0.15, 0.2) is 5.11 Å². The zero-order valence-corrected chi connectivity index (χ0v) is 17.1. The number of carbonyl (C=O) groups is 1. The maximum atomic E-state index is 12.5. The van der Waals surface area contributed by atoms with Crippen LogP contribution in [0.2, 0.25) is 0 Å². The van der Waals surface area contributed by atoms with Crippen LogP contribution in [0.3, 0.4) is 0 Å². The molecule has 4 nitrogen and oxygen atoms in total. The standard InChI is InChI=1S/C24H24N2O2S/c1-18(20-11-6-3-7-12-20)25-24(29)26-23(27)21-13-8-14-22(17-21)28-16-15-19-9-4-2-5-10-19/h2-14,17-18H,15-16H2,1H3,(H2,25,26,27,29). The van der Waals surface area contributed by atoms with Gasteiger partial charge in [-0.1, -0.05) is 66.7 Å². The normalized spacial score (nSPS) is 11.3. The van der Waals surface area contributed by atoms with Crippen molar-refractivity contribution in [3.05, 3.63) is 102 Å². The highest BCUT2D eigenvalue weighted by Gasteiger charge is 2.11. The van der Waals surface area contributed by atoms with Gasteiger partial charge in [0.25, 0.3) is 5.91 Å². The van der Waals surface area contributed by atoms with Crippen molar-refractivity contribution < 1.29 is 9.53 Å². The largest absolute Gasteiger partial charge is 0.493 e. The Morgan fingerprint density at radius 3 is 2.38 bits per heavy atom. The molecule has 0 aliphatic carbocycles. The van der Waals surface area contributed by atoms with Gasteiger partial charge in [-0.25, -0.2) is 0 Å². The Kier molecular flexibility index (Phi) is 7.36. The van der Waals surface area contributed by atoms with E-state index >= 15 is 0 Å². The lowest BCUT2D eigenvalue weighted by Gasteiger charge is -2.17. The summed E-state index contributed by atoms with van der Waals surface area (Å²) in [5.74, 6) is 0.390. The zero-order chi connectivity index (χ0) is 20.5. The van der Waals surface area contributed by atoms with E-state index in [4.69, 9.17) is 17.0 Å². The predicted octanol–water partition coefficient (Wildman–Crippen LogP) is 4.67. The Morgan fingerprint density at radius 2 is 1.66 bits per heavy atom. The fraction of sp³-hybridized carbons (Fsp3) is 0.167. The van der Waals surface area contributed by atoms with E-state index in [2.05, 4.69) is 22.8 Å². The molecule has 0 spiro atoms. The van der Waals surface area contributed by atoms with Gasteiger partial charge >= 0.3 is 0 Å². The number of hydrogen-bond acceptors (Lipinski definition) is 3. The van der Waals surface area contributed by atoms with Crippen molar-refractivity contribution in [2.24, 2.45) is 0 Å². The summed E-state index contributed by atoms with van der Waals surface area (Å²) in [5.41, 5.74) is 2.81. The molecule has 1 amide bonds. The van der Waals surface area contributed by atoms with E-state index in [1.165, 1.54) is 5.56 Å². The minimum atomic E-state index is -0.267. The van der Waals surface area contributed by atoms with Crippen LogP contribution in [0.1, 0.15) is 34.5 Å². The number of ether oxygens (including phenoxy) is 1. The molecule has 0 fully saturated rings. The summed E-state index contributed by atoms with van der Waals surface area (Å²) in [4.78, 5) is 12.5. The highest BCUT2D eigenvalue weighted by atomic mass is 32.1. The molecule has 2 N–H and O–H groups in total. The molecule has 0 heterocycles. The predicted molar refractivity (Wildman–Crippen MR) is 120 cm³/mol. The Balaban J connectivity index is 1.51. The van der Waals surface area contributed by atoms with Crippen LogP contribution in [0.25, 0.3) is 0 Å². The van der Waals surface area contributed by atoms with Gasteiger partial charge in [-0.2, -0.15) is 0 Å². The summed E-state index contributed by atoms with van der Waals surface area (Å²) in [6.45, 7) is 2.54. The summed E-state index contributed by atoms with van der Waals surface area (Å²) in [7, 11) is 0. The Bertz CT molecular complexity index is 945. The van der Waals surface area contributed by atoms with Gasteiger partial charge in [-0.15, -0.1) is 0 Å². The van der Waals surface area contributed by atoms with Crippen molar-refractivity contribution in [1.82, 2.24) is 10.6 Å². The monoisotopic (exact) mass is 404 g/mol. The first-order chi connectivity index (χ1) is 14.1. The first kappa shape index (κ1) is 20.6. The molecule has 3 aromatic carbocycles. The van der Waals surface area contributed by atoms with Crippen LogP contribution in [0.4, 0.5) is 0 Å². The first-order valence-corrected chi connectivity index (χ1v) is 9.96. The van der Waals surface area contributed by atoms with E-state index in [1.807, 2.05) is 61.5 Å². The second-order valence-corrected chi connectivity index (χ2v) is 7.08.